The molecule has 0 aliphatic carbocycles. The normalized spacial score (nSPS) is 21.0. The van der Waals surface area contributed by atoms with E-state index in [9.17, 15) is 8.42 Å². The lowest BCUT2D eigenvalue weighted by Gasteiger charge is -2.17. The second-order valence-electron chi connectivity index (χ2n) is 4.76. The highest BCUT2D eigenvalue weighted by Crippen LogP contribution is 2.26. The standard InChI is InChI=1S/C13H15N3O2S/c14-11-5-7-16(9-11)19(17,18)13-3-1-2-10-8-15-6-4-12(10)13/h1-4,6,8,11H,5,7,9,14H2/t11-/m1/s1. The maximum Gasteiger partial charge on any atom is 0.243 e. The van der Waals surface area contributed by atoms with Crippen LogP contribution in [0.1, 0.15) is 6.42 Å². The lowest BCUT2D eigenvalue weighted by molar-refractivity contribution is 0.473. The van der Waals surface area contributed by atoms with E-state index in [1.54, 1.807) is 30.6 Å². The summed E-state index contributed by atoms with van der Waals surface area (Å²) in [5, 5.41) is 1.53. The van der Waals surface area contributed by atoms with Crippen LogP contribution >= 0.6 is 0 Å². The number of hydrogen-bond acceptors (Lipinski definition) is 4. The lowest BCUT2D eigenvalue weighted by atomic mass is 10.2. The molecule has 2 heterocycles. The van der Waals surface area contributed by atoms with Gasteiger partial charge in [0.15, 0.2) is 0 Å². The predicted molar refractivity (Wildman–Crippen MR) is 73.1 cm³/mol. The van der Waals surface area contributed by atoms with Crippen LogP contribution in [0.15, 0.2) is 41.6 Å². The first kappa shape index (κ1) is 12.5. The molecule has 0 radical (unpaired) electrons. The third-order valence-corrected chi connectivity index (χ3v) is 5.37. The van der Waals surface area contributed by atoms with Gasteiger partial charge in [-0.2, -0.15) is 4.31 Å². The Morgan fingerprint density at radius 2 is 2.16 bits per heavy atom. The third-order valence-electron chi connectivity index (χ3n) is 3.45. The summed E-state index contributed by atoms with van der Waals surface area (Å²) in [6.07, 6.45) is 3.99. The van der Waals surface area contributed by atoms with Gasteiger partial charge in [-0.3, -0.25) is 4.98 Å². The Kier molecular flexibility index (Phi) is 3.00. The zero-order valence-electron chi connectivity index (χ0n) is 10.4. The van der Waals surface area contributed by atoms with Gasteiger partial charge in [0.1, 0.15) is 0 Å². The molecule has 2 aromatic rings. The molecule has 1 aliphatic heterocycles. The molecular weight excluding hydrogens is 262 g/mol. The topological polar surface area (TPSA) is 76.3 Å². The van der Waals surface area contributed by atoms with Gasteiger partial charge in [0.25, 0.3) is 0 Å². The van der Waals surface area contributed by atoms with Gasteiger partial charge in [-0.1, -0.05) is 12.1 Å². The molecule has 0 bridgehead atoms. The Bertz CT molecular complexity index is 709. The van der Waals surface area contributed by atoms with E-state index in [0.717, 1.165) is 5.39 Å². The molecule has 1 aromatic heterocycles. The van der Waals surface area contributed by atoms with E-state index in [1.165, 1.54) is 4.31 Å². The summed E-state index contributed by atoms with van der Waals surface area (Å²) in [5.41, 5.74) is 5.80. The smallest absolute Gasteiger partial charge is 0.243 e. The number of nitrogens with zero attached hydrogens (tertiary/aromatic N) is 2. The minimum absolute atomic E-state index is 0.0635. The number of rotatable bonds is 2. The predicted octanol–water partition coefficient (Wildman–Crippen LogP) is 0.956. The molecular formula is C13H15N3O2S. The highest BCUT2D eigenvalue weighted by Gasteiger charge is 2.31. The average molecular weight is 277 g/mol. The summed E-state index contributed by atoms with van der Waals surface area (Å²) in [7, 11) is -3.47. The van der Waals surface area contributed by atoms with Crippen molar-refractivity contribution in [2.24, 2.45) is 5.73 Å². The Morgan fingerprint density at radius 3 is 2.89 bits per heavy atom. The summed E-state index contributed by atoms with van der Waals surface area (Å²) < 4.78 is 26.8. The highest BCUT2D eigenvalue weighted by atomic mass is 32.2. The fraction of sp³-hybridized carbons (Fsp3) is 0.308. The van der Waals surface area contributed by atoms with Gasteiger partial charge in [0.2, 0.25) is 10.0 Å². The first-order chi connectivity index (χ1) is 9.09. The van der Waals surface area contributed by atoms with E-state index in [2.05, 4.69) is 4.98 Å². The van der Waals surface area contributed by atoms with E-state index in [4.69, 9.17) is 5.73 Å². The quantitative estimate of drug-likeness (QED) is 0.887. The van der Waals surface area contributed by atoms with Crippen LogP contribution in [-0.4, -0.2) is 36.8 Å². The van der Waals surface area contributed by atoms with Gasteiger partial charge in [-0.05, 0) is 18.6 Å². The molecule has 1 aliphatic rings. The van der Waals surface area contributed by atoms with Crippen LogP contribution in [0.25, 0.3) is 10.8 Å². The SMILES string of the molecule is N[C@@H]1CCN(S(=O)(=O)c2cccc3cnccc23)C1. The summed E-state index contributed by atoms with van der Waals surface area (Å²) in [5.74, 6) is 0. The maximum absolute atomic E-state index is 12.6. The Morgan fingerprint density at radius 1 is 1.32 bits per heavy atom. The van der Waals surface area contributed by atoms with Crippen LogP contribution in [0, 0.1) is 0 Å². The number of benzene rings is 1. The van der Waals surface area contributed by atoms with Gasteiger partial charge in [-0.15, -0.1) is 0 Å². The van der Waals surface area contributed by atoms with Gasteiger partial charge in [0.05, 0.1) is 4.90 Å². The first-order valence-electron chi connectivity index (χ1n) is 6.17. The van der Waals surface area contributed by atoms with Crippen LogP contribution < -0.4 is 5.73 Å². The molecule has 6 heteroatoms. The second kappa shape index (κ2) is 4.56. The number of sulfonamides is 1. The number of hydrogen-bond donors (Lipinski definition) is 1. The Hall–Kier alpha value is -1.50. The largest absolute Gasteiger partial charge is 0.326 e. The highest BCUT2D eigenvalue weighted by molar-refractivity contribution is 7.89. The van der Waals surface area contributed by atoms with Crippen molar-refractivity contribution in [2.75, 3.05) is 13.1 Å². The molecule has 1 atom stereocenters. The van der Waals surface area contributed by atoms with Crippen LogP contribution in [-0.2, 0) is 10.0 Å². The number of fused-ring (bicyclic) bond motifs is 1. The Balaban J connectivity index is 2.14. The molecule has 1 fully saturated rings. The van der Waals surface area contributed by atoms with Crippen molar-refractivity contribution in [3.63, 3.8) is 0 Å². The molecule has 0 amide bonds. The van der Waals surface area contributed by atoms with Crippen molar-refractivity contribution in [1.82, 2.24) is 9.29 Å². The molecule has 1 saturated heterocycles. The van der Waals surface area contributed by atoms with Crippen LogP contribution in [0.2, 0.25) is 0 Å². The van der Waals surface area contributed by atoms with Crippen molar-refractivity contribution in [3.8, 4) is 0 Å². The average Bonchev–Trinajstić information content (AvgIpc) is 2.85. The Labute approximate surface area is 112 Å². The fourth-order valence-electron chi connectivity index (χ4n) is 2.43. The van der Waals surface area contributed by atoms with Gasteiger partial charge in [0, 0.05) is 42.3 Å². The van der Waals surface area contributed by atoms with Gasteiger partial charge in [-0.25, -0.2) is 8.42 Å². The van der Waals surface area contributed by atoms with E-state index < -0.39 is 10.0 Å². The molecule has 5 nitrogen and oxygen atoms in total. The number of nitrogens with two attached hydrogens (primary N) is 1. The van der Waals surface area contributed by atoms with E-state index in [1.807, 2.05) is 6.07 Å². The minimum atomic E-state index is -3.47. The molecule has 100 valence electrons. The second-order valence-corrected chi connectivity index (χ2v) is 6.67. The van der Waals surface area contributed by atoms with Crippen molar-refractivity contribution in [2.45, 2.75) is 17.4 Å². The van der Waals surface area contributed by atoms with E-state index in [-0.39, 0.29) is 6.04 Å². The summed E-state index contributed by atoms with van der Waals surface area (Å²) in [6.45, 7) is 0.884. The monoisotopic (exact) mass is 277 g/mol. The maximum atomic E-state index is 12.6. The first-order valence-corrected chi connectivity index (χ1v) is 7.61. The molecule has 19 heavy (non-hydrogen) atoms. The van der Waals surface area contributed by atoms with Crippen LogP contribution in [0.4, 0.5) is 0 Å². The molecule has 0 saturated carbocycles. The summed E-state index contributed by atoms with van der Waals surface area (Å²) in [4.78, 5) is 4.35. The van der Waals surface area contributed by atoms with Crippen molar-refractivity contribution >= 4 is 20.8 Å². The number of aromatic nitrogens is 1. The molecule has 3 rings (SSSR count). The molecule has 2 N–H and O–H groups in total. The molecule has 0 spiro atoms. The van der Waals surface area contributed by atoms with Gasteiger partial charge >= 0.3 is 0 Å². The minimum Gasteiger partial charge on any atom is -0.326 e. The van der Waals surface area contributed by atoms with Crippen molar-refractivity contribution < 1.29 is 8.42 Å². The van der Waals surface area contributed by atoms with Crippen molar-refractivity contribution in [3.05, 3.63) is 36.7 Å². The number of pyridine rings is 1. The molecule has 1 aromatic carbocycles. The fourth-order valence-corrected chi connectivity index (χ4v) is 4.16. The van der Waals surface area contributed by atoms with E-state index >= 15 is 0 Å². The zero-order chi connectivity index (χ0) is 13.5. The zero-order valence-corrected chi connectivity index (χ0v) is 11.2. The summed E-state index contributed by atoms with van der Waals surface area (Å²) in [6, 6.07) is 6.91. The third kappa shape index (κ3) is 2.11. The summed E-state index contributed by atoms with van der Waals surface area (Å²) >= 11 is 0. The van der Waals surface area contributed by atoms with Crippen LogP contribution in [0.5, 0.6) is 0 Å². The van der Waals surface area contributed by atoms with Gasteiger partial charge < -0.3 is 5.73 Å². The van der Waals surface area contributed by atoms with Crippen LogP contribution in [0.3, 0.4) is 0 Å². The van der Waals surface area contributed by atoms with E-state index in [0.29, 0.717) is 29.8 Å². The lowest BCUT2D eigenvalue weighted by Crippen LogP contribution is -2.32. The molecule has 0 unspecified atom stereocenters. The van der Waals surface area contributed by atoms with Crippen molar-refractivity contribution in [1.29, 1.82) is 0 Å².